The van der Waals surface area contributed by atoms with Crippen LogP contribution in [0.5, 0.6) is 5.75 Å². The fraction of sp³-hybridized carbons (Fsp3) is 0.250. The summed E-state index contributed by atoms with van der Waals surface area (Å²) in [5.74, 6) is 0.269. The number of phenolic OH excluding ortho intramolecular Hbond substituents is 1. The van der Waals surface area contributed by atoms with Crippen LogP contribution < -0.4 is 0 Å². The average Bonchev–Trinajstić information content (AvgIpc) is 2.89. The van der Waals surface area contributed by atoms with Crippen LogP contribution in [0.3, 0.4) is 0 Å². The number of benzene rings is 2. The van der Waals surface area contributed by atoms with Gasteiger partial charge in [-0.15, -0.1) is 0 Å². The van der Waals surface area contributed by atoms with Gasteiger partial charge >= 0.3 is 0 Å². The summed E-state index contributed by atoms with van der Waals surface area (Å²) in [6.07, 6.45) is 1.88. The number of hydrogen-bond donors (Lipinski definition) is 2. The molecule has 4 nitrogen and oxygen atoms in total. The summed E-state index contributed by atoms with van der Waals surface area (Å²) in [4.78, 5) is 4.57. The lowest BCUT2D eigenvalue weighted by atomic mass is 10.1. The molecule has 1 atom stereocenters. The van der Waals surface area contributed by atoms with Crippen LogP contribution in [0.2, 0.25) is 0 Å². The van der Waals surface area contributed by atoms with Crippen molar-refractivity contribution in [2.45, 2.75) is 32.9 Å². The zero-order valence-corrected chi connectivity index (χ0v) is 14.0. The summed E-state index contributed by atoms with van der Waals surface area (Å²) < 4.78 is 2.04. The Morgan fingerprint density at radius 1 is 1.12 bits per heavy atom. The SMILES string of the molecule is Cc1cc(O)cc(Cn2cnc(-c3ccccc3)c2CC(C)O)c1. The molecular formula is C20H22N2O2. The molecular weight excluding hydrogens is 300 g/mol. The molecule has 3 rings (SSSR count). The third-order valence-electron chi connectivity index (χ3n) is 3.96. The van der Waals surface area contributed by atoms with E-state index in [2.05, 4.69) is 4.98 Å². The van der Waals surface area contributed by atoms with Gasteiger partial charge in [0.1, 0.15) is 5.75 Å². The summed E-state index contributed by atoms with van der Waals surface area (Å²) in [6.45, 7) is 4.35. The Kier molecular flexibility index (Phi) is 4.67. The van der Waals surface area contributed by atoms with Gasteiger partial charge in [0.25, 0.3) is 0 Å². The lowest BCUT2D eigenvalue weighted by molar-refractivity contribution is 0.193. The number of aromatic hydroxyl groups is 1. The van der Waals surface area contributed by atoms with Gasteiger partial charge < -0.3 is 14.8 Å². The first-order valence-corrected chi connectivity index (χ1v) is 8.10. The van der Waals surface area contributed by atoms with Gasteiger partial charge in [-0.1, -0.05) is 36.4 Å². The van der Waals surface area contributed by atoms with Crippen molar-refractivity contribution in [1.29, 1.82) is 0 Å². The summed E-state index contributed by atoms with van der Waals surface area (Å²) in [6, 6.07) is 15.6. The number of nitrogens with zero attached hydrogens (tertiary/aromatic N) is 2. The number of aliphatic hydroxyl groups excluding tert-OH is 1. The molecule has 24 heavy (non-hydrogen) atoms. The monoisotopic (exact) mass is 322 g/mol. The van der Waals surface area contributed by atoms with Crippen LogP contribution in [-0.4, -0.2) is 25.9 Å². The molecule has 2 aromatic carbocycles. The minimum absolute atomic E-state index is 0.269. The zero-order chi connectivity index (χ0) is 17.1. The molecule has 0 bridgehead atoms. The van der Waals surface area contributed by atoms with Crippen molar-refractivity contribution in [3.8, 4) is 17.0 Å². The largest absolute Gasteiger partial charge is 0.508 e. The molecule has 0 aliphatic carbocycles. The quantitative estimate of drug-likeness (QED) is 0.755. The highest BCUT2D eigenvalue weighted by Gasteiger charge is 2.15. The Hall–Kier alpha value is -2.59. The number of imidazole rings is 1. The van der Waals surface area contributed by atoms with Gasteiger partial charge in [-0.25, -0.2) is 4.98 Å². The molecule has 0 radical (unpaired) electrons. The number of aryl methyl sites for hydroxylation is 1. The molecule has 0 spiro atoms. The molecule has 0 aliphatic heterocycles. The first kappa shape index (κ1) is 16.3. The number of aliphatic hydroxyl groups is 1. The maximum atomic E-state index is 9.89. The van der Waals surface area contributed by atoms with Gasteiger partial charge in [0, 0.05) is 24.2 Å². The normalized spacial score (nSPS) is 12.3. The Bertz CT molecular complexity index is 803. The first-order chi connectivity index (χ1) is 11.5. The second kappa shape index (κ2) is 6.89. The molecule has 1 aromatic heterocycles. The molecule has 0 saturated carbocycles. The van der Waals surface area contributed by atoms with Crippen LogP contribution in [0.4, 0.5) is 0 Å². The average molecular weight is 322 g/mol. The van der Waals surface area contributed by atoms with Gasteiger partial charge in [-0.2, -0.15) is 0 Å². The highest BCUT2D eigenvalue weighted by Crippen LogP contribution is 2.25. The molecule has 3 aromatic rings. The fourth-order valence-electron chi connectivity index (χ4n) is 3.00. The number of phenols is 1. The molecule has 0 saturated heterocycles. The summed E-state index contributed by atoms with van der Waals surface area (Å²) >= 11 is 0. The highest BCUT2D eigenvalue weighted by molar-refractivity contribution is 5.62. The van der Waals surface area contributed by atoms with Crippen molar-refractivity contribution >= 4 is 0 Å². The molecule has 0 aliphatic rings. The minimum atomic E-state index is -0.450. The molecule has 4 heteroatoms. The molecule has 0 amide bonds. The second-order valence-corrected chi connectivity index (χ2v) is 6.26. The van der Waals surface area contributed by atoms with E-state index in [1.165, 1.54) is 0 Å². The Morgan fingerprint density at radius 2 is 1.88 bits per heavy atom. The third-order valence-corrected chi connectivity index (χ3v) is 3.96. The standard InChI is InChI=1S/C20H22N2O2/c1-14-8-16(11-18(24)9-14)12-22-13-21-20(19(22)10-15(2)23)17-6-4-3-5-7-17/h3-9,11,13,15,23-24H,10,12H2,1-2H3. The number of aromatic nitrogens is 2. The van der Waals surface area contributed by atoms with Crippen LogP contribution in [0.15, 0.2) is 54.9 Å². The summed E-state index contributed by atoms with van der Waals surface area (Å²) in [5.41, 5.74) is 4.96. The van der Waals surface area contributed by atoms with E-state index >= 15 is 0 Å². The van der Waals surface area contributed by atoms with E-state index < -0.39 is 6.10 Å². The van der Waals surface area contributed by atoms with E-state index in [0.29, 0.717) is 13.0 Å². The van der Waals surface area contributed by atoms with Crippen LogP contribution in [-0.2, 0) is 13.0 Å². The Balaban J connectivity index is 2.00. The maximum absolute atomic E-state index is 9.89. The van der Waals surface area contributed by atoms with E-state index in [-0.39, 0.29) is 5.75 Å². The smallest absolute Gasteiger partial charge is 0.116 e. The summed E-state index contributed by atoms with van der Waals surface area (Å²) in [5, 5.41) is 19.7. The van der Waals surface area contributed by atoms with Crippen LogP contribution in [0.25, 0.3) is 11.3 Å². The lowest BCUT2D eigenvalue weighted by Crippen LogP contribution is -2.11. The fourth-order valence-corrected chi connectivity index (χ4v) is 3.00. The van der Waals surface area contributed by atoms with Crippen LogP contribution in [0, 0.1) is 6.92 Å². The highest BCUT2D eigenvalue weighted by atomic mass is 16.3. The van der Waals surface area contributed by atoms with Crippen LogP contribution >= 0.6 is 0 Å². The van der Waals surface area contributed by atoms with Crippen molar-refractivity contribution in [3.63, 3.8) is 0 Å². The van der Waals surface area contributed by atoms with Gasteiger partial charge in [0.05, 0.1) is 18.1 Å². The van der Waals surface area contributed by atoms with E-state index in [4.69, 9.17) is 0 Å². The van der Waals surface area contributed by atoms with Gasteiger partial charge in [0.15, 0.2) is 0 Å². The van der Waals surface area contributed by atoms with Crippen molar-refractivity contribution in [2.75, 3.05) is 0 Å². The third kappa shape index (κ3) is 3.66. The van der Waals surface area contributed by atoms with Crippen molar-refractivity contribution in [2.24, 2.45) is 0 Å². The number of rotatable bonds is 5. The number of hydrogen-bond acceptors (Lipinski definition) is 3. The molecule has 2 N–H and O–H groups in total. The Labute approximate surface area is 142 Å². The topological polar surface area (TPSA) is 58.3 Å². The minimum Gasteiger partial charge on any atom is -0.508 e. The van der Waals surface area contributed by atoms with E-state index in [1.54, 1.807) is 25.4 Å². The van der Waals surface area contributed by atoms with E-state index in [9.17, 15) is 10.2 Å². The second-order valence-electron chi connectivity index (χ2n) is 6.26. The lowest BCUT2D eigenvalue weighted by Gasteiger charge is -2.13. The maximum Gasteiger partial charge on any atom is 0.116 e. The van der Waals surface area contributed by atoms with Crippen molar-refractivity contribution in [1.82, 2.24) is 9.55 Å². The predicted octanol–water partition coefficient (Wildman–Crippen LogP) is 3.54. The van der Waals surface area contributed by atoms with E-state index in [0.717, 1.165) is 28.1 Å². The first-order valence-electron chi connectivity index (χ1n) is 8.10. The molecule has 1 heterocycles. The molecule has 124 valence electrons. The van der Waals surface area contributed by atoms with Gasteiger partial charge in [-0.3, -0.25) is 0 Å². The van der Waals surface area contributed by atoms with Crippen molar-refractivity contribution < 1.29 is 10.2 Å². The Morgan fingerprint density at radius 3 is 2.54 bits per heavy atom. The summed E-state index contributed by atoms with van der Waals surface area (Å²) in [7, 11) is 0. The van der Waals surface area contributed by atoms with E-state index in [1.807, 2.05) is 47.9 Å². The molecule has 1 unspecified atom stereocenters. The van der Waals surface area contributed by atoms with Gasteiger partial charge in [-0.05, 0) is 37.1 Å². The predicted molar refractivity (Wildman–Crippen MR) is 95.0 cm³/mol. The zero-order valence-electron chi connectivity index (χ0n) is 14.0. The van der Waals surface area contributed by atoms with Crippen LogP contribution in [0.1, 0.15) is 23.7 Å². The van der Waals surface area contributed by atoms with Crippen molar-refractivity contribution in [3.05, 3.63) is 71.7 Å². The van der Waals surface area contributed by atoms with Gasteiger partial charge in [0.2, 0.25) is 0 Å². The molecule has 0 fully saturated rings.